The van der Waals surface area contributed by atoms with Gasteiger partial charge in [0.1, 0.15) is 12.1 Å². The van der Waals surface area contributed by atoms with Gasteiger partial charge in [0, 0.05) is 0 Å². The predicted molar refractivity (Wildman–Crippen MR) is 64.0 cm³/mol. The molecular weight excluding hydrogens is 240 g/mol. The van der Waals surface area contributed by atoms with Gasteiger partial charge < -0.3 is 20.5 Å². The number of methoxy groups -OCH3 is 1. The number of ether oxygens (including phenoxy) is 1. The molecule has 0 rings (SSSR count). The molecule has 0 saturated heterocycles. The fourth-order valence-corrected chi connectivity index (χ4v) is 1.30. The lowest BCUT2D eigenvalue weighted by Gasteiger charge is -2.21. The van der Waals surface area contributed by atoms with Crippen LogP contribution in [0, 0.1) is 5.92 Å². The van der Waals surface area contributed by atoms with Crippen molar-refractivity contribution in [2.45, 2.75) is 39.3 Å². The topological polar surface area (TPSA) is 105 Å². The molecule has 3 N–H and O–H groups in total. The molecule has 0 fully saturated rings. The van der Waals surface area contributed by atoms with Gasteiger partial charge in [0.25, 0.3) is 0 Å². The third-order valence-electron chi connectivity index (χ3n) is 2.42. The second kappa shape index (κ2) is 7.52. The zero-order chi connectivity index (χ0) is 14.3. The molecule has 0 aromatic rings. The standard InChI is InChI=1S/C11H20N2O5/c1-5-7(9(14)15)12-11(17)13-8(6(2)3)10(16)18-4/h6-8H,5H2,1-4H3,(H,14,15)(H2,12,13,17)/t7-,8?/m1/s1. The molecule has 2 atom stereocenters. The number of hydrogen-bond donors (Lipinski definition) is 3. The summed E-state index contributed by atoms with van der Waals surface area (Å²) in [5.41, 5.74) is 0. The average molecular weight is 260 g/mol. The molecule has 0 aromatic carbocycles. The number of urea groups is 1. The Morgan fingerprint density at radius 2 is 1.78 bits per heavy atom. The Bertz CT molecular complexity index is 317. The van der Waals surface area contributed by atoms with Crippen molar-refractivity contribution >= 4 is 18.0 Å². The van der Waals surface area contributed by atoms with E-state index in [9.17, 15) is 14.4 Å². The minimum absolute atomic E-state index is 0.159. The van der Waals surface area contributed by atoms with Gasteiger partial charge in [-0.25, -0.2) is 14.4 Å². The normalized spacial score (nSPS) is 13.6. The molecule has 0 radical (unpaired) electrons. The summed E-state index contributed by atoms with van der Waals surface area (Å²) < 4.78 is 4.56. The van der Waals surface area contributed by atoms with Gasteiger partial charge in [0.2, 0.25) is 0 Å². The van der Waals surface area contributed by atoms with Crippen LogP contribution in [0.15, 0.2) is 0 Å². The van der Waals surface area contributed by atoms with Crippen molar-refractivity contribution in [3.05, 3.63) is 0 Å². The molecule has 0 heterocycles. The molecule has 18 heavy (non-hydrogen) atoms. The van der Waals surface area contributed by atoms with E-state index in [2.05, 4.69) is 15.4 Å². The number of carboxylic acids is 1. The monoisotopic (exact) mass is 260 g/mol. The first-order valence-electron chi connectivity index (χ1n) is 5.71. The number of carboxylic acid groups (broad SMARTS) is 1. The van der Waals surface area contributed by atoms with E-state index in [4.69, 9.17) is 5.11 Å². The smallest absolute Gasteiger partial charge is 0.328 e. The summed E-state index contributed by atoms with van der Waals surface area (Å²) in [7, 11) is 1.23. The quantitative estimate of drug-likeness (QED) is 0.597. The third-order valence-corrected chi connectivity index (χ3v) is 2.42. The van der Waals surface area contributed by atoms with E-state index in [0.29, 0.717) is 0 Å². The molecule has 0 aliphatic carbocycles. The number of hydrogen-bond acceptors (Lipinski definition) is 4. The molecule has 0 bridgehead atoms. The molecule has 104 valence electrons. The van der Waals surface area contributed by atoms with Gasteiger partial charge in [-0.1, -0.05) is 20.8 Å². The summed E-state index contributed by atoms with van der Waals surface area (Å²) in [6.07, 6.45) is 0.257. The summed E-state index contributed by atoms with van der Waals surface area (Å²) in [6.45, 7) is 5.13. The Hall–Kier alpha value is -1.79. The average Bonchev–Trinajstić information content (AvgIpc) is 2.31. The molecule has 0 aromatic heterocycles. The lowest BCUT2D eigenvalue weighted by atomic mass is 10.1. The molecule has 7 nitrogen and oxygen atoms in total. The van der Waals surface area contributed by atoms with Gasteiger partial charge in [-0.15, -0.1) is 0 Å². The maximum atomic E-state index is 11.6. The summed E-state index contributed by atoms with van der Waals surface area (Å²) in [5.74, 6) is -1.84. The highest BCUT2D eigenvalue weighted by molar-refractivity contribution is 5.86. The van der Waals surface area contributed by atoms with Crippen molar-refractivity contribution in [3.63, 3.8) is 0 Å². The van der Waals surface area contributed by atoms with Crippen LogP contribution in [0.4, 0.5) is 4.79 Å². The van der Waals surface area contributed by atoms with Crippen LogP contribution >= 0.6 is 0 Å². The first-order chi connectivity index (χ1) is 8.33. The second-order valence-electron chi connectivity index (χ2n) is 4.16. The van der Waals surface area contributed by atoms with E-state index in [0.717, 1.165) is 0 Å². The second-order valence-corrected chi connectivity index (χ2v) is 4.16. The van der Waals surface area contributed by atoms with Crippen molar-refractivity contribution in [1.82, 2.24) is 10.6 Å². The molecule has 1 unspecified atom stereocenters. The van der Waals surface area contributed by atoms with Crippen molar-refractivity contribution in [3.8, 4) is 0 Å². The van der Waals surface area contributed by atoms with Crippen LogP contribution in [0.5, 0.6) is 0 Å². The highest BCUT2D eigenvalue weighted by Gasteiger charge is 2.26. The predicted octanol–water partition coefficient (Wildman–Crippen LogP) is 0.346. The van der Waals surface area contributed by atoms with Crippen LogP contribution in [0.2, 0.25) is 0 Å². The van der Waals surface area contributed by atoms with E-state index in [-0.39, 0.29) is 12.3 Å². The zero-order valence-corrected chi connectivity index (χ0v) is 11.0. The van der Waals surface area contributed by atoms with E-state index < -0.39 is 30.1 Å². The summed E-state index contributed by atoms with van der Waals surface area (Å²) in [4.78, 5) is 33.7. The van der Waals surface area contributed by atoms with E-state index in [1.54, 1.807) is 20.8 Å². The lowest BCUT2D eigenvalue weighted by Crippen LogP contribution is -2.52. The Kier molecular flexibility index (Phi) is 6.77. The SMILES string of the molecule is CC[C@@H](NC(=O)NC(C(=O)OC)C(C)C)C(=O)O. The van der Waals surface area contributed by atoms with Crippen molar-refractivity contribution < 1.29 is 24.2 Å². The molecule has 0 spiro atoms. The number of esters is 1. The van der Waals surface area contributed by atoms with Gasteiger partial charge in [0.05, 0.1) is 7.11 Å². The molecule has 2 amide bonds. The maximum absolute atomic E-state index is 11.6. The van der Waals surface area contributed by atoms with Crippen molar-refractivity contribution in [1.29, 1.82) is 0 Å². The van der Waals surface area contributed by atoms with E-state index in [1.807, 2.05) is 0 Å². The molecule has 0 aliphatic rings. The Morgan fingerprint density at radius 3 is 2.11 bits per heavy atom. The fourth-order valence-electron chi connectivity index (χ4n) is 1.30. The molecular formula is C11H20N2O5. The highest BCUT2D eigenvalue weighted by Crippen LogP contribution is 2.03. The van der Waals surface area contributed by atoms with Gasteiger partial charge in [-0.2, -0.15) is 0 Å². The number of amides is 2. The number of carbonyl (C=O) groups excluding carboxylic acids is 2. The van der Waals surface area contributed by atoms with Crippen LogP contribution in [0.3, 0.4) is 0 Å². The lowest BCUT2D eigenvalue weighted by molar-refractivity contribution is -0.144. The van der Waals surface area contributed by atoms with Gasteiger partial charge in [-0.05, 0) is 12.3 Å². The first-order valence-corrected chi connectivity index (χ1v) is 5.71. The van der Waals surface area contributed by atoms with Crippen LogP contribution in [-0.4, -0.2) is 42.3 Å². The number of nitrogens with one attached hydrogen (secondary N) is 2. The number of aliphatic carboxylic acids is 1. The first kappa shape index (κ1) is 16.2. The van der Waals surface area contributed by atoms with Gasteiger partial charge in [0.15, 0.2) is 0 Å². The highest BCUT2D eigenvalue weighted by atomic mass is 16.5. The van der Waals surface area contributed by atoms with Crippen LogP contribution in [-0.2, 0) is 14.3 Å². The molecule has 0 aliphatic heterocycles. The number of rotatable bonds is 6. The Labute approximate surface area is 106 Å². The fraction of sp³-hybridized carbons (Fsp3) is 0.727. The minimum atomic E-state index is -1.12. The summed E-state index contributed by atoms with van der Waals surface area (Å²) in [6, 6.07) is -2.48. The van der Waals surface area contributed by atoms with Crippen LogP contribution in [0.25, 0.3) is 0 Å². The molecule has 7 heteroatoms. The Morgan fingerprint density at radius 1 is 1.22 bits per heavy atom. The van der Waals surface area contributed by atoms with E-state index in [1.165, 1.54) is 7.11 Å². The van der Waals surface area contributed by atoms with Gasteiger partial charge in [-0.3, -0.25) is 0 Å². The largest absolute Gasteiger partial charge is 0.480 e. The summed E-state index contributed by atoms with van der Waals surface area (Å²) in [5, 5.41) is 13.5. The van der Waals surface area contributed by atoms with Crippen molar-refractivity contribution in [2.24, 2.45) is 5.92 Å². The number of carbonyl (C=O) groups is 3. The summed E-state index contributed by atoms with van der Waals surface area (Å²) >= 11 is 0. The minimum Gasteiger partial charge on any atom is -0.480 e. The van der Waals surface area contributed by atoms with Crippen LogP contribution in [0.1, 0.15) is 27.2 Å². The third kappa shape index (κ3) is 5.03. The zero-order valence-electron chi connectivity index (χ0n) is 11.0. The van der Waals surface area contributed by atoms with E-state index >= 15 is 0 Å². The van der Waals surface area contributed by atoms with Gasteiger partial charge >= 0.3 is 18.0 Å². The van der Waals surface area contributed by atoms with Crippen LogP contribution < -0.4 is 10.6 Å². The molecule has 0 saturated carbocycles. The maximum Gasteiger partial charge on any atom is 0.328 e. The Balaban J connectivity index is 4.52. The van der Waals surface area contributed by atoms with Crippen molar-refractivity contribution in [2.75, 3.05) is 7.11 Å².